The third kappa shape index (κ3) is 4.40. The zero-order valence-electron chi connectivity index (χ0n) is 11.8. The molecule has 2 rings (SSSR count). The van der Waals surface area contributed by atoms with Gasteiger partial charge in [-0.1, -0.05) is 25.5 Å². The van der Waals surface area contributed by atoms with Crippen molar-refractivity contribution in [1.82, 2.24) is 5.32 Å². The van der Waals surface area contributed by atoms with Crippen LogP contribution in [0.1, 0.15) is 42.1 Å². The SMILES string of the molecule is CCSC1CCCC1NC(=O)c1ccc(CN)cc1.Cl. The molecule has 0 radical (unpaired) electrons. The lowest BCUT2D eigenvalue weighted by molar-refractivity contribution is 0.0938. The van der Waals surface area contributed by atoms with Crippen LogP contribution in [0.25, 0.3) is 0 Å². The number of amides is 1. The molecular weight excluding hydrogens is 292 g/mol. The van der Waals surface area contributed by atoms with E-state index in [1.54, 1.807) is 0 Å². The van der Waals surface area contributed by atoms with E-state index in [2.05, 4.69) is 12.2 Å². The van der Waals surface area contributed by atoms with Crippen molar-refractivity contribution in [2.24, 2.45) is 5.73 Å². The Hall–Kier alpha value is -0.710. The van der Waals surface area contributed by atoms with Crippen molar-refractivity contribution in [3.05, 3.63) is 35.4 Å². The molecule has 1 aromatic carbocycles. The van der Waals surface area contributed by atoms with Crippen LogP contribution in [0, 0.1) is 0 Å². The van der Waals surface area contributed by atoms with E-state index in [1.165, 1.54) is 12.8 Å². The predicted octanol–water partition coefficient (Wildman–Crippen LogP) is 2.97. The van der Waals surface area contributed by atoms with E-state index < -0.39 is 0 Å². The summed E-state index contributed by atoms with van der Waals surface area (Å²) in [6.45, 7) is 2.69. The van der Waals surface area contributed by atoms with Crippen LogP contribution in [0.4, 0.5) is 0 Å². The second kappa shape index (κ2) is 8.55. The number of nitrogens with two attached hydrogens (primary N) is 1. The van der Waals surface area contributed by atoms with Crippen molar-refractivity contribution in [2.45, 2.75) is 44.0 Å². The average Bonchev–Trinajstić information content (AvgIpc) is 2.86. The number of hydrogen-bond donors (Lipinski definition) is 2. The van der Waals surface area contributed by atoms with Gasteiger partial charge < -0.3 is 11.1 Å². The summed E-state index contributed by atoms with van der Waals surface area (Å²) in [6, 6.07) is 7.87. The van der Waals surface area contributed by atoms with E-state index in [0.717, 1.165) is 23.3 Å². The Morgan fingerprint density at radius 2 is 2.05 bits per heavy atom. The number of thioether (sulfide) groups is 1. The summed E-state index contributed by atoms with van der Waals surface area (Å²) >= 11 is 1.96. The minimum Gasteiger partial charge on any atom is -0.348 e. The van der Waals surface area contributed by atoms with Crippen molar-refractivity contribution >= 4 is 30.1 Å². The molecule has 2 unspecified atom stereocenters. The Morgan fingerprint density at radius 3 is 2.65 bits per heavy atom. The molecule has 112 valence electrons. The van der Waals surface area contributed by atoms with E-state index >= 15 is 0 Å². The number of rotatable bonds is 5. The van der Waals surface area contributed by atoms with Gasteiger partial charge in [-0.25, -0.2) is 0 Å². The molecule has 0 spiro atoms. The van der Waals surface area contributed by atoms with Gasteiger partial charge in [0.15, 0.2) is 0 Å². The van der Waals surface area contributed by atoms with Crippen molar-refractivity contribution in [1.29, 1.82) is 0 Å². The molecule has 1 aromatic rings. The second-order valence-electron chi connectivity index (χ2n) is 4.91. The lowest BCUT2D eigenvalue weighted by atomic mass is 10.1. The summed E-state index contributed by atoms with van der Waals surface area (Å²) in [5, 5.41) is 3.76. The smallest absolute Gasteiger partial charge is 0.251 e. The van der Waals surface area contributed by atoms with E-state index in [0.29, 0.717) is 17.8 Å². The van der Waals surface area contributed by atoms with Crippen LogP contribution < -0.4 is 11.1 Å². The normalized spacial score (nSPS) is 21.3. The first-order valence-corrected chi connectivity index (χ1v) is 8.01. The van der Waals surface area contributed by atoms with Crippen molar-refractivity contribution < 1.29 is 4.79 Å². The quantitative estimate of drug-likeness (QED) is 0.878. The fourth-order valence-corrected chi connectivity index (χ4v) is 3.75. The Labute approximate surface area is 131 Å². The van der Waals surface area contributed by atoms with Gasteiger partial charge in [0.25, 0.3) is 5.91 Å². The number of carbonyl (C=O) groups excluding carboxylic acids is 1. The summed E-state index contributed by atoms with van der Waals surface area (Å²) in [5.41, 5.74) is 7.34. The van der Waals surface area contributed by atoms with E-state index in [9.17, 15) is 4.79 Å². The van der Waals surface area contributed by atoms with Gasteiger partial charge in [0.05, 0.1) is 0 Å². The van der Waals surface area contributed by atoms with Gasteiger partial charge in [-0.3, -0.25) is 4.79 Å². The van der Waals surface area contributed by atoms with Crippen LogP contribution in [-0.2, 0) is 6.54 Å². The first kappa shape index (κ1) is 17.3. The Balaban J connectivity index is 0.00000200. The van der Waals surface area contributed by atoms with Gasteiger partial charge in [-0.2, -0.15) is 11.8 Å². The summed E-state index contributed by atoms with van der Waals surface area (Å²) < 4.78 is 0. The molecule has 1 aliphatic carbocycles. The molecule has 1 fully saturated rings. The monoisotopic (exact) mass is 314 g/mol. The third-order valence-electron chi connectivity index (χ3n) is 3.60. The number of benzene rings is 1. The summed E-state index contributed by atoms with van der Waals surface area (Å²) in [5.74, 6) is 1.15. The van der Waals surface area contributed by atoms with Crippen molar-refractivity contribution in [3.63, 3.8) is 0 Å². The molecule has 3 N–H and O–H groups in total. The fourth-order valence-electron chi connectivity index (χ4n) is 2.55. The van der Waals surface area contributed by atoms with Crippen LogP contribution in [-0.4, -0.2) is 23.0 Å². The molecule has 5 heteroatoms. The first-order chi connectivity index (χ1) is 9.24. The molecule has 20 heavy (non-hydrogen) atoms. The van der Waals surface area contributed by atoms with Gasteiger partial charge >= 0.3 is 0 Å². The molecule has 3 nitrogen and oxygen atoms in total. The molecular formula is C15H23ClN2OS. The number of halogens is 1. The maximum absolute atomic E-state index is 12.2. The number of nitrogens with one attached hydrogen (secondary N) is 1. The highest BCUT2D eigenvalue weighted by atomic mass is 35.5. The summed E-state index contributed by atoms with van der Waals surface area (Å²) in [7, 11) is 0. The van der Waals surface area contributed by atoms with E-state index in [-0.39, 0.29) is 18.3 Å². The first-order valence-electron chi connectivity index (χ1n) is 6.96. The summed E-state index contributed by atoms with van der Waals surface area (Å²) in [6.07, 6.45) is 3.54. The molecule has 1 aliphatic rings. The zero-order valence-corrected chi connectivity index (χ0v) is 13.4. The van der Waals surface area contributed by atoms with E-state index in [1.807, 2.05) is 36.0 Å². The molecule has 2 atom stereocenters. The molecule has 1 saturated carbocycles. The summed E-state index contributed by atoms with van der Waals surface area (Å²) in [4.78, 5) is 12.2. The minimum atomic E-state index is 0. The molecule has 0 saturated heterocycles. The number of carbonyl (C=O) groups is 1. The van der Waals surface area contributed by atoms with Crippen molar-refractivity contribution in [2.75, 3.05) is 5.75 Å². The standard InChI is InChI=1S/C15H22N2OS.ClH/c1-2-19-14-5-3-4-13(14)17-15(18)12-8-6-11(10-16)7-9-12;/h6-9,13-14H,2-5,10,16H2,1H3,(H,17,18);1H. The predicted molar refractivity (Wildman–Crippen MR) is 88.6 cm³/mol. The maximum Gasteiger partial charge on any atom is 0.251 e. The van der Waals surface area contributed by atoms with E-state index in [4.69, 9.17) is 5.73 Å². The lowest BCUT2D eigenvalue weighted by Gasteiger charge is -2.20. The zero-order chi connectivity index (χ0) is 13.7. The Bertz CT molecular complexity index is 424. The van der Waals surface area contributed by atoms with Gasteiger partial charge in [0.2, 0.25) is 0 Å². The highest BCUT2D eigenvalue weighted by Crippen LogP contribution is 2.30. The molecule has 0 heterocycles. The van der Waals surface area contributed by atoms with Gasteiger partial charge in [0, 0.05) is 23.4 Å². The van der Waals surface area contributed by atoms with Crippen molar-refractivity contribution in [3.8, 4) is 0 Å². The molecule has 0 aliphatic heterocycles. The highest BCUT2D eigenvalue weighted by Gasteiger charge is 2.28. The molecule has 0 bridgehead atoms. The van der Waals surface area contributed by atoms with Crippen LogP contribution in [0.3, 0.4) is 0 Å². The van der Waals surface area contributed by atoms with Crippen LogP contribution in [0.15, 0.2) is 24.3 Å². The van der Waals surface area contributed by atoms with Crippen LogP contribution in [0.5, 0.6) is 0 Å². The highest BCUT2D eigenvalue weighted by molar-refractivity contribution is 7.99. The fraction of sp³-hybridized carbons (Fsp3) is 0.533. The van der Waals surface area contributed by atoms with Gasteiger partial charge in [-0.05, 0) is 36.3 Å². The second-order valence-corrected chi connectivity index (χ2v) is 6.42. The Kier molecular flexibility index (Phi) is 7.41. The maximum atomic E-state index is 12.2. The molecule has 1 amide bonds. The van der Waals surface area contributed by atoms with Crippen LogP contribution >= 0.6 is 24.2 Å². The largest absolute Gasteiger partial charge is 0.348 e. The third-order valence-corrected chi connectivity index (χ3v) is 4.93. The minimum absolute atomic E-state index is 0. The Morgan fingerprint density at radius 1 is 1.35 bits per heavy atom. The van der Waals surface area contributed by atoms with Gasteiger partial charge in [-0.15, -0.1) is 12.4 Å². The average molecular weight is 315 g/mol. The molecule has 0 aromatic heterocycles. The lowest BCUT2D eigenvalue weighted by Crippen LogP contribution is -2.38. The topological polar surface area (TPSA) is 55.1 Å². The van der Waals surface area contributed by atoms with Gasteiger partial charge in [0.1, 0.15) is 0 Å². The van der Waals surface area contributed by atoms with Crippen LogP contribution in [0.2, 0.25) is 0 Å². The number of hydrogen-bond acceptors (Lipinski definition) is 3.